The Kier molecular flexibility index (Phi) is 6.25. The Morgan fingerprint density at radius 2 is 1.86 bits per heavy atom. The van der Waals surface area contributed by atoms with Gasteiger partial charge >= 0.3 is 0 Å². The highest BCUT2D eigenvalue weighted by Gasteiger charge is 2.16. The second-order valence-electron chi connectivity index (χ2n) is 6.24. The lowest BCUT2D eigenvalue weighted by Crippen LogP contribution is -2.03. The molecule has 28 heavy (non-hydrogen) atoms. The molecule has 0 atom stereocenters. The van der Waals surface area contributed by atoms with Gasteiger partial charge in [0.05, 0.1) is 17.0 Å². The first kappa shape index (κ1) is 19.0. The Labute approximate surface area is 163 Å². The number of pyridine rings is 1. The highest BCUT2D eigenvalue weighted by atomic mass is 16.6. The lowest BCUT2D eigenvalue weighted by molar-refractivity contribution is -0.385. The topological polar surface area (TPSA) is 94.4 Å². The summed E-state index contributed by atoms with van der Waals surface area (Å²) in [5, 5.41) is 11.4. The maximum atomic E-state index is 11.4. The standard InChI is InChI=1S/C22H20N4O2/c23-21(10-12-25-16-19-7-4-11-24-15-19)20-14-18(8-9-22(20)26(27)28)13-17-5-2-1-3-6-17/h1-12,14-15H,13,16,23H2/b21-10-,25-12?. The molecule has 0 bridgehead atoms. The average Bonchev–Trinajstić information content (AvgIpc) is 2.72. The van der Waals surface area contributed by atoms with Crippen LogP contribution in [0.1, 0.15) is 22.3 Å². The van der Waals surface area contributed by atoms with Gasteiger partial charge in [-0.05, 0) is 41.3 Å². The molecule has 0 amide bonds. The van der Waals surface area contributed by atoms with E-state index < -0.39 is 4.92 Å². The van der Waals surface area contributed by atoms with Gasteiger partial charge in [-0.2, -0.15) is 0 Å². The molecular weight excluding hydrogens is 352 g/mol. The van der Waals surface area contributed by atoms with Crippen LogP contribution >= 0.6 is 0 Å². The fourth-order valence-electron chi connectivity index (χ4n) is 2.79. The minimum absolute atomic E-state index is 0.0220. The molecule has 2 N–H and O–H groups in total. The molecule has 3 aromatic rings. The fourth-order valence-corrected chi connectivity index (χ4v) is 2.79. The molecule has 1 aromatic heterocycles. The van der Waals surface area contributed by atoms with Crippen molar-refractivity contribution >= 4 is 17.6 Å². The van der Waals surface area contributed by atoms with E-state index in [1.807, 2.05) is 42.5 Å². The van der Waals surface area contributed by atoms with Gasteiger partial charge in [0.15, 0.2) is 0 Å². The number of aliphatic imine (C=N–C) groups is 1. The average molecular weight is 372 g/mol. The van der Waals surface area contributed by atoms with Crippen molar-refractivity contribution in [3.05, 3.63) is 112 Å². The Hall–Kier alpha value is -3.80. The first-order chi connectivity index (χ1) is 13.6. The molecule has 6 heteroatoms. The molecule has 0 fully saturated rings. The molecule has 6 nitrogen and oxygen atoms in total. The minimum Gasteiger partial charge on any atom is -0.398 e. The van der Waals surface area contributed by atoms with Gasteiger partial charge in [-0.1, -0.05) is 42.5 Å². The van der Waals surface area contributed by atoms with E-state index in [1.165, 1.54) is 6.07 Å². The molecule has 0 aliphatic heterocycles. The maximum absolute atomic E-state index is 11.4. The second kappa shape index (κ2) is 9.23. The van der Waals surface area contributed by atoms with Gasteiger partial charge in [0.1, 0.15) is 0 Å². The molecule has 140 valence electrons. The van der Waals surface area contributed by atoms with Gasteiger partial charge in [0.25, 0.3) is 5.69 Å². The third kappa shape index (κ3) is 5.11. The summed E-state index contributed by atoms with van der Waals surface area (Å²) in [4.78, 5) is 19.3. The highest BCUT2D eigenvalue weighted by Crippen LogP contribution is 2.25. The van der Waals surface area contributed by atoms with Crippen LogP contribution < -0.4 is 5.73 Å². The lowest BCUT2D eigenvalue weighted by Gasteiger charge is -2.07. The molecule has 2 aromatic carbocycles. The first-order valence-corrected chi connectivity index (χ1v) is 8.79. The van der Waals surface area contributed by atoms with E-state index in [1.54, 1.807) is 36.8 Å². The first-order valence-electron chi connectivity index (χ1n) is 8.79. The number of benzene rings is 2. The van der Waals surface area contributed by atoms with E-state index in [0.29, 0.717) is 24.2 Å². The van der Waals surface area contributed by atoms with E-state index in [4.69, 9.17) is 5.73 Å². The summed E-state index contributed by atoms with van der Waals surface area (Å²) >= 11 is 0. The van der Waals surface area contributed by atoms with Crippen molar-refractivity contribution in [1.29, 1.82) is 0 Å². The highest BCUT2D eigenvalue weighted by molar-refractivity contribution is 5.85. The Balaban J connectivity index is 1.81. The summed E-state index contributed by atoms with van der Waals surface area (Å²) < 4.78 is 0. The number of hydrogen-bond acceptors (Lipinski definition) is 5. The molecule has 0 aliphatic rings. The van der Waals surface area contributed by atoms with Crippen molar-refractivity contribution in [2.24, 2.45) is 10.7 Å². The van der Waals surface area contributed by atoms with E-state index in [9.17, 15) is 10.1 Å². The number of hydrogen-bond donors (Lipinski definition) is 1. The predicted molar refractivity (Wildman–Crippen MR) is 111 cm³/mol. The van der Waals surface area contributed by atoms with Crippen molar-refractivity contribution in [3.63, 3.8) is 0 Å². The van der Waals surface area contributed by atoms with Crippen molar-refractivity contribution in [1.82, 2.24) is 4.98 Å². The van der Waals surface area contributed by atoms with Crippen LogP contribution in [0.3, 0.4) is 0 Å². The Bertz CT molecular complexity index is 1000. The minimum atomic E-state index is -0.422. The van der Waals surface area contributed by atoms with Crippen LogP contribution in [0.25, 0.3) is 5.70 Å². The van der Waals surface area contributed by atoms with Gasteiger partial charge < -0.3 is 5.73 Å². The quantitative estimate of drug-likeness (QED) is 0.383. The van der Waals surface area contributed by atoms with Crippen LogP contribution in [-0.2, 0) is 13.0 Å². The van der Waals surface area contributed by atoms with Crippen LogP contribution in [0.2, 0.25) is 0 Å². The summed E-state index contributed by atoms with van der Waals surface area (Å²) in [5.74, 6) is 0. The monoisotopic (exact) mass is 372 g/mol. The molecule has 0 saturated heterocycles. The van der Waals surface area contributed by atoms with Gasteiger partial charge in [-0.15, -0.1) is 0 Å². The zero-order chi connectivity index (χ0) is 19.8. The number of aromatic nitrogens is 1. The number of rotatable bonds is 7. The number of nitro benzene ring substituents is 1. The molecule has 3 rings (SSSR count). The van der Waals surface area contributed by atoms with Gasteiger partial charge in [-0.3, -0.25) is 20.1 Å². The summed E-state index contributed by atoms with van der Waals surface area (Å²) in [7, 11) is 0. The van der Waals surface area contributed by atoms with E-state index in [0.717, 1.165) is 16.7 Å². The molecule has 0 spiro atoms. The molecule has 0 unspecified atom stereocenters. The van der Waals surface area contributed by atoms with E-state index in [2.05, 4.69) is 9.98 Å². The number of nitrogens with two attached hydrogens (primary N) is 1. The van der Waals surface area contributed by atoms with Crippen molar-refractivity contribution < 1.29 is 4.92 Å². The molecule has 0 saturated carbocycles. The Morgan fingerprint density at radius 1 is 1.07 bits per heavy atom. The SMILES string of the molecule is N/C(=C\C=NCc1cccnc1)c1cc(Cc2ccccc2)ccc1[N+](=O)[O-]. The maximum Gasteiger partial charge on any atom is 0.278 e. The number of allylic oxidation sites excluding steroid dienone is 1. The van der Waals surface area contributed by atoms with Crippen LogP contribution in [0.15, 0.2) is 84.1 Å². The fraction of sp³-hybridized carbons (Fsp3) is 0.0909. The zero-order valence-corrected chi connectivity index (χ0v) is 15.2. The lowest BCUT2D eigenvalue weighted by atomic mass is 10.0. The third-order valence-electron chi connectivity index (χ3n) is 4.18. The summed E-state index contributed by atoms with van der Waals surface area (Å²) in [5.41, 5.74) is 9.86. The molecule has 0 radical (unpaired) electrons. The van der Waals surface area contributed by atoms with Crippen LogP contribution in [0.5, 0.6) is 0 Å². The normalized spacial score (nSPS) is 11.6. The number of nitrogens with zero attached hydrogens (tertiary/aromatic N) is 3. The van der Waals surface area contributed by atoms with E-state index in [-0.39, 0.29) is 5.69 Å². The summed E-state index contributed by atoms with van der Waals surface area (Å²) in [6.45, 7) is 0.466. The summed E-state index contributed by atoms with van der Waals surface area (Å²) in [6.07, 6.45) is 7.27. The van der Waals surface area contributed by atoms with Gasteiger partial charge in [-0.25, -0.2) is 0 Å². The molecule has 1 heterocycles. The van der Waals surface area contributed by atoms with Gasteiger partial charge in [0, 0.05) is 30.4 Å². The predicted octanol–water partition coefficient (Wildman–Crippen LogP) is 4.15. The largest absolute Gasteiger partial charge is 0.398 e. The summed E-state index contributed by atoms with van der Waals surface area (Å²) in [6, 6.07) is 18.7. The van der Waals surface area contributed by atoms with Crippen molar-refractivity contribution in [2.45, 2.75) is 13.0 Å². The van der Waals surface area contributed by atoms with Gasteiger partial charge in [0.2, 0.25) is 0 Å². The molecule has 0 aliphatic carbocycles. The zero-order valence-electron chi connectivity index (χ0n) is 15.2. The van der Waals surface area contributed by atoms with Crippen LogP contribution in [-0.4, -0.2) is 16.1 Å². The molecular formula is C22H20N4O2. The Morgan fingerprint density at radius 3 is 2.57 bits per heavy atom. The van der Waals surface area contributed by atoms with Crippen LogP contribution in [0.4, 0.5) is 5.69 Å². The van der Waals surface area contributed by atoms with Crippen molar-refractivity contribution in [2.75, 3.05) is 0 Å². The third-order valence-corrected chi connectivity index (χ3v) is 4.18. The van der Waals surface area contributed by atoms with Crippen molar-refractivity contribution in [3.8, 4) is 0 Å². The second-order valence-corrected chi connectivity index (χ2v) is 6.24. The smallest absolute Gasteiger partial charge is 0.278 e. The van der Waals surface area contributed by atoms with Crippen LogP contribution in [0, 0.1) is 10.1 Å². The number of nitro groups is 1. The van der Waals surface area contributed by atoms with E-state index >= 15 is 0 Å².